The lowest BCUT2D eigenvalue weighted by atomic mass is 9.60. The number of benzene rings is 1. The molecule has 0 spiro atoms. The van der Waals surface area contributed by atoms with Crippen LogP contribution in [0.3, 0.4) is 0 Å². The van der Waals surface area contributed by atoms with Crippen molar-refractivity contribution in [2.75, 3.05) is 0 Å². The number of nitrogens with two attached hydrogens (primary N) is 1. The first-order valence-electron chi connectivity index (χ1n) is 7.66. The van der Waals surface area contributed by atoms with Crippen molar-refractivity contribution < 1.29 is 0 Å². The largest absolute Gasteiger partial charge is 0.327 e. The molecule has 18 heavy (non-hydrogen) atoms. The summed E-state index contributed by atoms with van der Waals surface area (Å²) in [6.07, 6.45) is 3.04. The Morgan fingerprint density at radius 3 is 2.61 bits per heavy atom. The Labute approximate surface area is 108 Å². The summed E-state index contributed by atoms with van der Waals surface area (Å²) >= 11 is 0. The average molecular weight is 237 g/mol. The summed E-state index contributed by atoms with van der Waals surface area (Å²) in [5.74, 6) is 6.94. The predicted molar refractivity (Wildman–Crippen MR) is 69.8 cm³/mol. The van der Waals surface area contributed by atoms with Crippen molar-refractivity contribution in [3.63, 3.8) is 0 Å². The minimum Gasteiger partial charge on any atom is -0.327 e. The molecule has 6 aliphatic carbocycles. The standard InChI is InChI=1S/C17H19N/c18-16-14-11-6-9-10-7-12(13(9)14)17(16,15(10)11)8-4-2-1-3-5-8/h1-5,9-16H,6-7,18H2/t9?,10?,11?,12?,13?,14?,15?,16-,17?/m0/s1. The van der Waals surface area contributed by atoms with Crippen LogP contribution >= 0.6 is 0 Å². The Morgan fingerprint density at radius 1 is 0.944 bits per heavy atom. The van der Waals surface area contributed by atoms with Crippen LogP contribution in [0, 0.1) is 41.4 Å². The maximum Gasteiger partial charge on any atom is 0.0176 e. The van der Waals surface area contributed by atoms with E-state index in [2.05, 4.69) is 30.3 Å². The number of hydrogen-bond donors (Lipinski definition) is 1. The van der Waals surface area contributed by atoms with Crippen molar-refractivity contribution in [2.24, 2.45) is 47.2 Å². The predicted octanol–water partition coefficient (Wildman–Crippen LogP) is 2.41. The van der Waals surface area contributed by atoms with Gasteiger partial charge in [0.1, 0.15) is 0 Å². The molecule has 0 radical (unpaired) electrons. The van der Waals surface area contributed by atoms with Crippen LogP contribution < -0.4 is 5.73 Å². The van der Waals surface area contributed by atoms with E-state index in [0.717, 1.165) is 41.4 Å². The van der Waals surface area contributed by atoms with E-state index >= 15 is 0 Å². The monoisotopic (exact) mass is 237 g/mol. The molecule has 2 N–H and O–H groups in total. The minimum absolute atomic E-state index is 0.402. The van der Waals surface area contributed by atoms with E-state index in [0.29, 0.717) is 11.5 Å². The Bertz CT molecular complexity index is 552. The number of rotatable bonds is 1. The molecule has 0 amide bonds. The summed E-state index contributed by atoms with van der Waals surface area (Å²) in [7, 11) is 0. The molecule has 9 atom stereocenters. The number of hydrogen-bond acceptors (Lipinski definition) is 1. The third kappa shape index (κ3) is 0.602. The molecule has 1 nitrogen and oxygen atoms in total. The maximum absolute atomic E-state index is 6.81. The van der Waals surface area contributed by atoms with Crippen molar-refractivity contribution in [2.45, 2.75) is 24.3 Å². The zero-order chi connectivity index (χ0) is 11.6. The SMILES string of the molecule is N[C@H]1C2C3CC4C5CC(C42)C1(c1ccccc1)C53. The van der Waals surface area contributed by atoms with Gasteiger partial charge in [-0.2, -0.15) is 0 Å². The Morgan fingerprint density at radius 2 is 1.78 bits per heavy atom. The summed E-state index contributed by atoms with van der Waals surface area (Å²) in [5, 5.41) is 0. The quantitative estimate of drug-likeness (QED) is 0.797. The first-order valence-corrected chi connectivity index (χ1v) is 7.66. The van der Waals surface area contributed by atoms with Gasteiger partial charge in [0.05, 0.1) is 0 Å². The van der Waals surface area contributed by atoms with Gasteiger partial charge < -0.3 is 5.73 Å². The topological polar surface area (TPSA) is 26.0 Å². The van der Waals surface area contributed by atoms with Gasteiger partial charge in [-0.05, 0) is 59.8 Å². The van der Waals surface area contributed by atoms with Crippen LogP contribution in [0.2, 0.25) is 0 Å². The van der Waals surface area contributed by atoms with Crippen LogP contribution in [0.25, 0.3) is 0 Å². The summed E-state index contributed by atoms with van der Waals surface area (Å²) < 4.78 is 0. The van der Waals surface area contributed by atoms with Crippen molar-refractivity contribution in [1.29, 1.82) is 0 Å². The van der Waals surface area contributed by atoms with Crippen molar-refractivity contribution >= 4 is 0 Å². The fraction of sp³-hybridized carbons (Fsp3) is 0.647. The van der Waals surface area contributed by atoms with Crippen LogP contribution in [-0.4, -0.2) is 6.04 Å². The molecule has 92 valence electrons. The third-order valence-corrected chi connectivity index (χ3v) is 7.85. The molecular weight excluding hydrogens is 218 g/mol. The first-order chi connectivity index (χ1) is 8.85. The van der Waals surface area contributed by atoms with Crippen LogP contribution in [-0.2, 0) is 5.41 Å². The van der Waals surface area contributed by atoms with Gasteiger partial charge in [-0.3, -0.25) is 0 Å². The molecule has 1 heteroatoms. The molecule has 1 aromatic carbocycles. The molecular formula is C17H19N. The highest BCUT2D eigenvalue weighted by atomic mass is 15.0. The van der Waals surface area contributed by atoms with Gasteiger partial charge in [0, 0.05) is 11.5 Å². The zero-order valence-electron chi connectivity index (χ0n) is 10.5. The summed E-state index contributed by atoms with van der Waals surface area (Å²) in [5.41, 5.74) is 8.80. The highest BCUT2D eigenvalue weighted by Gasteiger charge is 2.85. The van der Waals surface area contributed by atoms with Crippen LogP contribution in [0.1, 0.15) is 18.4 Å². The second kappa shape index (κ2) is 2.43. The smallest absolute Gasteiger partial charge is 0.0176 e. The van der Waals surface area contributed by atoms with E-state index < -0.39 is 0 Å². The lowest BCUT2D eigenvalue weighted by molar-refractivity contribution is 0.107. The highest BCUT2D eigenvalue weighted by molar-refractivity contribution is 5.46. The average Bonchev–Trinajstić information content (AvgIpc) is 3.11. The fourth-order valence-corrected chi connectivity index (χ4v) is 8.06. The molecule has 0 aliphatic heterocycles. The van der Waals surface area contributed by atoms with Gasteiger partial charge in [-0.15, -0.1) is 0 Å². The molecule has 0 heterocycles. The van der Waals surface area contributed by atoms with E-state index in [1.165, 1.54) is 12.8 Å². The van der Waals surface area contributed by atoms with Gasteiger partial charge in [-0.25, -0.2) is 0 Å². The van der Waals surface area contributed by atoms with Gasteiger partial charge in [0.15, 0.2) is 0 Å². The molecule has 7 rings (SSSR count). The van der Waals surface area contributed by atoms with Gasteiger partial charge in [0.25, 0.3) is 0 Å². The summed E-state index contributed by atoms with van der Waals surface area (Å²) in [6.45, 7) is 0. The van der Waals surface area contributed by atoms with Crippen molar-refractivity contribution in [3.05, 3.63) is 35.9 Å². The van der Waals surface area contributed by atoms with Crippen molar-refractivity contribution in [1.82, 2.24) is 0 Å². The molecule has 0 saturated heterocycles. The first kappa shape index (κ1) is 9.14. The van der Waals surface area contributed by atoms with E-state index in [1.54, 1.807) is 5.56 Å². The molecule has 6 fully saturated rings. The van der Waals surface area contributed by atoms with Crippen LogP contribution in [0.4, 0.5) is 0 Å². The molecule has 8 unspecified atom stereocenters. The van der Waals surface area contributed by atoms with E-state index in [1.807, 2.05) is 0 Å². The second-order valence-corrected chi connectivity index (χ2v) is 7.57. The van der Waals surface area contributed by atoms with Gasteiger partial charge >= 0.3 is 0 Å². The van der Waals surface area contributed by atoms with Crippen LogP contribution in [0.15, 0.2) is 30.3 Å². The van der Waals surface area contributed by atoms with Crippen molar-refractivity contribution in [3.8, 4) is 0 Å². The molecule has 6 bridgehead atoms. The molecule has 0 aromatic heterocycles. The zero-order valence-corrected chi connectivity index (χ0v) is 10.5. The second-order valence-electron chi connectivity index (χ2n) is 7.57. The molecule has 1 aromatic rings. The Hall–Kier alpha value is -0.820. The van der Waals surface area contributed by atoms with Gasteiger partial charge in [-0.1, -0.05) is 30.3 Å². The maximum atomic E-state index is 6.81. The highest BCUT2D eigenvalue weighted by Crippen LogP contribution is 2.86. The Balaban J connectivity index is 1.68. The van der Waals surface area contributed by atoms with E-state index in [-0.39, 0.29) is 0 Å². The lowest BCUT2D eigenvalue weighted by Gasteiger charge is -2.43. The summed E-state index contributed by atoms with van der Waals surface area (Å²) in [4.78, 5) is 0. The third-order valence-electron chi connectivity index (χ3n) is 7.85. The van der Waals surface area contributed by atoms with E-state index in [4.69, 9.17) is 5.73 Å². The fourth-order valence-electron chi connectivity index (χ4n) is 8.06. The minimum atomic E-state index is 0.402. The molecule has 6 aliphatic rings. The molecule has 6 saturated carbocycles. The van der Waals surface area contributed by atoms with Gasteiger partial charge in [0.2, 0.25) is 0 Å². The summed E-state index contributed by atoms with van der Waals surface area (Å²) in [6, 6.07) is 11.8. The Kier molecular flexibility index (Phi) is 1.23. The normalized spacial score (nSPS) is 64.7. The lowest BCUT2D eigenvalue weighted by Crippen LogP contribution is -2.46. The van der Waals surface area contributed by atoms with Crippen LogP contribution in [0.5, 0.6) is 0 Å². The van der Waals surface area contributed by atoms with E-state index in [9.17, 15) is 0 Å².